The third-order valence-electron chi connectivity index (χ3n) is 5.16. The highest BCUT2D eigenvalue weighted by Gasteiger charge is 2.36. The molecule has 0 unspecified atom stereocenters. The molecular formula is C26H20N2O6. The number of carboxylic acids is 1. The molecule has 0 atom stereocenters. The average molecular weight is 456 g/mol. The summed E-state index contributed by atoms with van der Waals surface area (Å²) in [6.07, 6.45) is 1.41. The van der Waals surface area contributed by atoms with Gasteiger partial charge in [0.2, 0.25) is 0 Å². The van der Waals surface area contributed by atoms with Gasteiger partial charge in [0.05, 0.1) is 11.3 Å². The third kappa shape index (κ3) is 4.86. The van der Waals surface area contributed by atoms with Gasteiger partial charge in [-0.25, -0.2) is 14.5 Å². The van der Waals surface area contributed by atoms with Crippen LogP contribution in [0, 0.1) is 6.92 Å². The van der Waals surface area contributed by atoms with Crippen molar-refractivity contribution in [3.05, 3.63) is 101 Å². The second-order valence-corrected chi connectivity index (χ2v) is 7.66. The van der Waals surface area contributed by atoms with Crippen molar-refractivity contribution in [1.29, 1.82) is 0 Å². The fourth-order valence-corrected chi connectivity index (χ4v) is 3.37. The van der Waals surface area contributed by atoms with E-state index in [0.29, 0.717) is 22.6 Å². The Hall–Kier alpha value is -4.72. The summed E-state index contributed by atoms with van der Waals surface area (Å²) in [5.74, 6) is -1.96. The van der Waals surface area contributed by atoms with Gasteiger partial charge in [0, 0.05) is 0 Å². The van der Waals surface area contributed by atoms with E-state index in [1.807, 2.05) is 6.92 Å². The number of nitrogens with zero attached hydrogens (tertiary/aromatic N) is 1. The summed E-state index contributed by atoms with van der Waals surface area (Å²) in [5.41, 5.74) is 2.61. The number of anilines is 1. The molecule has 8 nitrogen and oxygen atoms in total. The van der Waals surface area contributed by atoms with Gasteiger partial charge in [0.15, 0.2) is 0 Å². The van der Waals surface area contributed by atoms with Gasteiger partial charge in [-0.1, -0.05) is 42.0 Å². The zero-order valence-electron chi connectivity index (χ0n) is 18.1. The molecule has 0 bridgehead atoms. The van der Waals surface area contributed by atoms with Crippen molar-refractivity contribution in [1.82, 2.24) is 5.32 Å². The first kappa shape index (κ1) is 22.5. The van der Waals surface area contributed by atoms with Crippen LogP contribution >= 0.6 is 0 Å². The van der Waals surface area contributed by atoms with E-state index in [1.54, 1.807) is 60.7 Å². The van der Waals surface area contributed by atoms with Crippen LogP contribution in [0.5, 0.6) is 5.75 Å². The highest BCUT2D eigenvalue weighted by molar-refractivity contribution is 6.39. The van der Waals surface area contributed by atoms with E-state index in [4.69, 9.17) is 9.84 Å². The summed E-state index contributed by atoms with van der Waals surface area (Å²) in [6, 6.07) is 19.1. The third-order valence-corrected chi connectivity index (χ3v) is 5.16. The molecule has 0 aromatic heterocycles. The smallest absolute Gasteiger partial charge is 0.335 e. The summed E-state index contributed by atoms with van der Waals surface area (Å²) in [6.45, 7) is 2.06. The summed E-state index contributed by atoms with van der Waals surface area (Å²) >= 11 is 0. The minimum Gasteiger partial charge on any atom is -0.489 e. The molecule has 0 saturated carbocycles. The largest absolute Gasteiger partial charge is 0.489 e. The van der Waals surface area contributed by atoms with Crippen molar-refractivity contribution in [2.75, 3.05) is 4.90 Å². The molecule has 8 heteroatoms. The first-order valence-electron chi connectivity index (χ1n) is 10.3. The van der Waals surface area contributed by atoms with Crippen LogP contribution in [0.1, 0.15) is 27.0 Å². The summed E-state index contributed by atoms with van der Waals surface area (Å²) < 4.78 is 5.70. The summed E-state index contributed by atoms with van der Waals surface area (Å²) in [5, 5.41) is 11.3. The first-order valence-corrected chi connectivity index (χ1v) is 10.3. The molecular weight excluding hydrogens is 436 g/mol. The van der Waals surface area contributed by atoms with Crippen molar-refractivity contribution in [2.45, 2.75) is 13.5 Å². The normalized spacial score (nSPS) is 14.8. The predicted molar refractivity (Wildman–Crippen MR) is 124 cm³/mol. The SMILES string of the molecule is Cc1ccc(N2C(=O)NC(=O)C(=Cc3ccc(OCc4cccc(C(=O)O)c4)cc3)C2=O)cc1. The van der Waals surface area contributed by atoms with Crippen LogP contribution in [0.25, 0.3) is 6.08 Å². The zero-order chi connectivity index (χ0) is 24.2. The number of barbiturate groups is 1. The molecule has 170 valence electrons. The van der Waals surface area contributed by atoms with Gasteiger partial charge in [-0.3, -0.25) is 14.9 Å². The number of carbonyl (C=O) groups excluding carboxylic acids is 3. The van der Waals surface area contributed by atoms with E-state index >= 15 is 0 Å². The highest BCUT2D eigenvalue weighted by atomic mass is 16.5. The lowest BCUT2D eigenvalue weighted by Gasteiger charge is -2.26. The van der Waals surface area contributed by atoms with Crippen LogP contribution in [0.3, 0.4) is 0 Å². The number of amides is 4. The van der Waals surface area contributed by atoms with Crippen molar-refractivity contribution in [3.8, 4) is 5.75 Å². The Balaban J connectivity index is 1.49. The van der Waals surface area contributed by atoms with E-state index < -0.39 is 23.8 Å². The van der Waals surface area contributed by atoms with Crippen molar-refractivity contribution >= 4 is 35.6 Å². The van der Waals surface area contributed by atoms with Crippen molar-refractivity contribution < 1.29 is 29.0 Å². The Morgan fingerprint density at radius 2 is 1.71 bits per heavy atom. The van der Waals surface area contributed by atoms with Crippen LogP contribution in [-0.2, 0) is 16.2 Å². The molecule has 34 heavy (non-hydrogen) atoms. The van der Waals surface area contributed by atoms with Crippen LogP contribution in [-0.4, -0.2) is 28.9 Å². The van der Waals surface area contributed by atoms with Crippen LogP contribution in [0.15, 0.2) is 78.4 Å². The van der Waals surface area contributed by atoms with Gasteiger partial charge in [-0.2, -0.15) is 0 Å². The van der Waals surface area contributed by atoms with Gasteiger partial charge in [-0.05, 0) is 60.5 Å². The molecule has 0 aliphatic carbocycles. The first-order chi connectivity index (χ1) is 16.3. The summed E-state index contributed by atoms with van der Waals surface area (Å²) in [4.78, 5) is 49.6. The lowest BCUT2D eigenvalue weighted by atomic mass is 10.1. The number of urea groups is 1. The van der Waals surface area contributed by atoms with E-state index in [-0.39, 0.29) is 17.7 Å². The van der Waals surface area contributed by atoms with Gasteiger partial charge in [-0.15, -0.1) is 0 Å². The lowest BCUT2D eigenvalue weighted by molar-refractivity contribution is -0.122. The maximum Gasteiger partial charge on any atom is 0.335 e. The van der Waals surface area contributed by atoms with Gasteiger partial charge in [0.1, 0.15) is 17.9 Å². The number of nitrogens with one attached hydrogen (secondary N) is 1. The fraction of sp³-hybridized carbons (Fsp3) is 0.0769. The Bertz CT molecular complexity index is 1310. The average Bonchev–Trinajstić information content (AvgIpc) is 2.82. The number of carbonyl (C=O) groups is 4. The van der Waals surface area contributed by atoms with Gasteiger partial charge >= 0.3 is 12.0 Å². The molecule has 4 rings (SSSR count). The number of ether oxygens (including phenoxy) is 1. The maximum absolute atomic E-state index is 12.9. The van der Waals surface area contributed by atoms with Crippen molar-refractivity contribution in [3.63, 3.8) is 0 Å². The topological polar surface area (TPSA) is 113 Å². The second kappa shape index (κ2) is 9.41. The number of hydrogen-bond acceptors (Lipinski definition) is 5. The van der Waals surface area contributed by atoms with Gasteiger partial charge < -0.3 is 9.84 Å². The van der Waals surface area contributed by atoms with E-state index in [0.717, 1.165) is 10.5 Å². The van der Waals surface area contributed by atoms with Crippen LogP contribution in [0.2, 0.25) is 0 Å². The number of imide groups is 2. The zero-order valence-corrected chi connectivity index (χ0v) is 18.1. The maximum atomic E-state index is 12.9. The van der Waals surface area contributed by atoms with Crippen LogP contribution < -0.4 is 15.0 Å². The number of rotatable bonds is 6. The Labute approximate surface area is 195 Å². The Kier molecular flexibility index (Phi) is 6.22. The molecule has 1 heterocycles. The van der Waals surface area contributed by atoms with Crippen LogP contribution in [0.4, 0.5) is 10.5 Å². The second-order valence-electron chi connectivity index (χ2n) is 7.66. The monoisotopic (exact) mass is 456 g/mol. The predicted octanol–water partition coefficient (Wildman–Crippen LogP) is 3.94. The van der Waals surface area contributed by atoms with Crippen molar-refractivity contribution in [2.24, 2.45) is 0 Å². The molecule has 3 aromatic carbocycles. The standard InChI is InChI=1S/C26H20N2O6/c1-16-5-9-20(10-6-16)28-24(30)22(23(29)27-26(28)33)14-17-7-11-21(12-8-17)34-15-18-3-2-4-19(13-18)25(31)32/h2-14H,15H2,1H3,(H,31,32)(H,27,29,33). The number of carboxylic acid groups (broad SMARTS) is 1. The Morgan fingerprint density at radius 3 is 2.38 bits per heavy atom. The number of hydrogen-bond donors (Lipinski definition) is 2. The molecule has 1 fully saturated rings. The highest BCUT2D eigenvalue weighted by Crippen LogP contribution is 2.23. The minimum absolute atomic E-state index is 0.167. The number of aryl methyl sites for hydroxylation is 1. The molecule has 1 saturated heterocycles. The molecule has 3 aromatic rings. The molecule has 4 amide bonds. The number of benzene rings is 3. The lowest BCUT2D eigenvalue weighted by Crippen LogP contribution is -2.54. The fourth-order valence-electron chi connectivity index (χ4n) is 3.37. The van der Waals surface area contributed by atoms with E-state index in [1.165, 1.54) is 18.2 Å². The number of aromatic carboxylic acids is 1. The quantitative estimate of drug-likeness (QED) is 0.429. The molecule has 1 aliphatic heterocycles. The van der Waals surface area contributed by atoms with E-state index in [9.17, 15) is 19.2 Å². The summed E-state index contributed by atoms with van der Waals surface area (Å²) in [7, 11) is 0. The minimum atomic E-state index is -1.01. The molecule has 2 N–H and O–H groups in total. The molecule has 0 spiro atoms. The molecule has 1 aliphatic rings. The van der Waals surface area contributed by atoms with Gasteiger partial charge in [0.25, 0.3) is 11.8 Å². The molecule has 0 radical (unpaired) electrons. The van der Waals surface area contributed by atoms with E-state index in [2.05, 4.69) is 5.32 Å². The Morgan fingerprint density at radius 1 is 1.00 bits per heavy atom.